The number of methoxy groups -OCH3 is 2. The molecule has 0 heterocycles. The van der Waals surface area contributed by atoms with Crippen LogP contribution in [-0.2, 0) is 4.79 Å². The van der Waals surface area contributed by atoms with E-state index in [4.69, 9.17) is 14.2 Å². The molecule has 0 aromatic heterocycles. The number of rotatable bonds is 6. The summed E-state index contributed by atoms with van der Waals surface area (Å²) >= 11 is 0. The van der Waals surface area contributed by atoms with Crippen molar-refractivity contribution in [3.63, 3.8) is 0 Å². The third kappa shape index (κ3) is 4.23. The minimum atomic E-state index is -0.415. The molecule has 5 nitrogen and oxygen atoms in total. The van der Waals surface area contributed by atoms with Gasteiger partial charge in [0, 0.05) is 18.1 Å². The zero-order valence-corrected chi connectivity index (χ0v) is 13.7. The zero-order valence-electron chi connectivity index (χ0n) is 13.7. The second-order valence-electron chi connectivity index (χ2n) is 4.90. The number of benzene rings is 2. The molecule has 0 spiro atoms. The number of allylic oxidation sites excluding steroid dienone is 1. The molecule has 0 atom stereocenters. The highest BCUT2D eigenvalue weighted by Gasteiger charge is 2.09. The first-order valence-corrected chi connectivity index (χ1v) is 7.27. The number of carbonyl (C=O) groups is 2. The van der Waals surface area contributed by atoms with Gasteiger partial charge < -0.3 is 14.2 Å². The van der Waals surface area contributed by atoms with Gasteiger partial charge in [-0.05, 0) is 36.4 Å². The molecule has 5 heteroatoms. The molecular weight excluding hydrogens is 308 g/mol. The summed E-state index contributed by atoms with van der Waals surface area (Å²) in [6, 6.07) is 11.9. The SMILES string of the molecule is COc1ccc(C(=O)/C=C/c2ccccc2OC(C)=O)cc1OC. The Kier molecular flexibility index (Phi) is 5.73. The van der Waals surface area contributed by atoms with E-state index in [9.17, 15) is 9.59 Å². The van der Waals surface area contributed by atoms with Gasteiger partial charge in [0.25, 0.3) is 0 Å². The summed E-state index contributed by atoms with van der Waals surface area (Å²) in [5.74, 6) is 0.826. The summed E-state index contributed by atoms with van der Waals surface area (Å²) in [5, 5.41) is 0. The summed E-state index contributed by atoms with van der Waals surface area (Å²) < 4.78 is 15.5. The fourth-order valence-corrected chi connectivity index (χ4v) is 2.12. The molecule has 2 aromatic rings. The third-order valence-electron chi connectivity index (χ3n) is 3.26. The lowest BCUT2D eigenvalue weighted by atomic mass is 10.1. The van der Waals surface area contributed by atoms with Crippen molar-refractivity contribution in [3.05, 3.63) is 59.7 Å². The molecule has 2 rings (SSSR count). The fourth-order valence-electron chi connectivity index (χ4n) is 2.12. The topological polar surface area (TPSA) is 61.8 Å². The number of hydrogen-bond acceptors (Lipinski definition) is 5. The van der Waals surface area contributed by atoms with E-state index in [1.54, 1.807) is 48.5 Å². The van der Waals surface area contributed by atoms with E-state index in [1.807, 2.05) is 0 Å². The molecule has 0 N–H and O–H groups in total. The van der Waals surface area contributed by atoms with E-state index < -0.39 is 5.97 Å². The molecule has 24 heavy (non-hydrogen) atoms. The van der Waals surface area contributed by atoms with Crippen LogP contribution in [0.15, 0.2) is 48.5 Å². The summed E-state index contributed by atoms with van der Waals surface area (Å²) in [5.41, 5.74) is 1.11. The van der Waals surface area contributed by atoms with Crippen molar-refractivity contribution in [3.8, 4) is 17.2 Å². The van der Waals surface area contributed by atoms with E-state index in [1.165, 1.54) is 27.2 Å². The second kappa shape index (κ2) is 7.97. The van der Waals surface area contributed by atoms with Crippen molar-refractivity contribution < 1.29 is 23.8 Å². The molecule has 0 saturated heterocycles. The van der Waals surface area contributed by atoms with Crippen LogP contribution in [0, 0.1) is 0 Å². The van der Waals surface area contributed by atoms with E-state index >= 15 is 0 Å². The van der Waals surface area contributed by atoms with Crippen molar-refractivity contribution in [2.45, 2.75) is 6.92 Å². The summed E-state index contributed by atoms with van der Waals surface area (Å²) in [6.45, 7) is 1.33. The Morgan fingerprint density at radius 1 is 0.917 bits per heavy atom. The van der Waals surface area contributed by atoms with Crippen molar-refractivity contribution in [2.75, 3.05) is 14.2 Å². The number of ether oxygens (including phenoxy) is 3. The lowest BCUT2D eigenvalue weighted by Gasteiger charge is -2.08. The van der Waals surface area contributed by atoms with Gasteiger partial charge in [0.15, 0.2) is 17.3 Å². The van der Waals surface area contributed by atoms with Crippen molar-refractivity contribution in [1.29, 1.82) is 0 Å². The van der Waals surface area contributed by atoms with Crippen LogP contribution in [0.3, 0.4) is 0 Å². The molecule has 0 bridgehead atoms. The summed E-state index contributed by atoms with van der Waals surface area (Å²) in [4.78, 5) is 23.4. The zero-order chi connectivity index (χ0) is 17.5. The van der Waals surface area contributed by atoms with Crippen LogP contribution >= 0.6 is 0 Å². The third-order valence-corrected chi connectivity index (χ3v) is 3.26. The van der Waals surface area contributed by atoms with Gasteiger partial charge in [-0.25, -0.2) is 0 Å². The van der Waals surface area contributed by atoms with Crippen LogP contribution in [0.4, 0.5) is 0 Å². The number of para-hydroxylation sites is 1. The highest BCUT2D eigenvalue weighted by molar-refractivity contribution is 6.07. The molecule has 0 fully saturated rings. The van der Waals surface area contributed by atoms with Crippen LogP contribution in [-0.4, -0.2) is 26.0 Å². The number of ketones is 1. The predicted octanol–water partition coefficient (Wildman–Crippen LogP) is 3.53. The molecule has 0 radical (unpaired) electrons. The molecule has 0 unspecified atom stereocenters. The molecule has 0 amide bonds. The van der Waals surface area contributed by atoms with Gasteiger partial charge in [0.05, 0.1) is 14.2 Å². The molecule has 2 aromatic carbocycles. The quantitative estimate of drug-likeness (QED) is 0.352. The first-order valence-electron chi connectivity index (χ1n) is 7.27. The van der Waals surface area contributed by atoms with E-state index in [-0.39, 0.29) is 5.78 Å². The molecule has 0 aliphatic heterocycles. The Morgan fingerprint density at radius 2 is 1.62 bits per heavy atom. The number of esters is 1. The van der Waals surface area contributed by atoms with Crippen LogP contribution in [0.2, 0.25) is 0 Å². The van der Waals surface area contributed by atoms with E-state index in [2.05, 4.69) is 0 Å². The predicted molar refractivity (Wildman–Crippen MR) is 90.7 cm³/mol. The van der Waals surface area contributed by atoms with Crippen LogP contribution in [0.1, 0.15) is 22.8 Å². The largest absolute Gasteiger partial charge is 0.493 e. The highest BCUT2D eigenvalue weighted by atomic mass is 16.5. The maximum Gasteiger partial charge on any atom is 0.308 e. The molecule has 0 aliphatic carbocycles. The average Bonchev–Trinajstić information content (AvgIpc) is 2.59. The van der Waals surface area contributed by atoms with Crippen molar-refractivity contribution >= 4 is 17.8 Å². The fraction of sp³-hybridized carbons (Fsp3) is 0.158. The average molecular weight is 326 g/mol. The molecule has 0 aliphatic rings. The van der Waals surface area contributed by atoms with Crippen molar-refractivity contribution in [1.82, 2.24) is 0 Å². The minimum absolute atomic E-state index is 0.200. The van der Waals surface area contributed by atoms with Gasteiger partial charge in [-0.15, -0.1) is 0 Å². The first-order chi connectivity index (χ1) is 11.5. The van der Waals surface area contributed by atoms with Gasteiger partial charge in [-0.1, -0.05) is 18.2 Å². The molecule has 0 saturated carbocycles. The lowest BCUT2D eigenvalue weighted by molar-refractivity contribution is -0.131. The Morgan fingerprint density at radius 3 is 2.29 bits per heavy atom. The Bertz CT molecular complexity index is 777. The number of hydrogen-bond donors (Lipinski definition) is 0. The monoisotopic (exact) mass is 326 g/mol. The van der Waals surface area contributed by atoms with Crippen LogP contribution in [0.5, 0.6) is 17.2 Å². The second-order valence-corrected chi connectivity index (χ2v) is 4.90. The minimum Gasteiger partial charge on any atom is -0.493 e. The van der Waals surface area contributed by atoms with Gasteiger partial charge in [0.1, 0.15) is 5.75 Å². The number of carbonyl (C=O) groups excluding carboxylic acids is 2. The maximum absolute atomic E-state index is 12.3. The van der Waals surface area contributed by atoms with Crippen molar-refractivity contribution in [2.24, 2.45) is 0 Å². The Balaban J connectivity index is 2.24. The van der Waals surface area contributed by atoms with Gasteiger partial charge in [-0.3, -0.25) is 9.59 Å². The standard InChI is InChI=1S/C19H18O5/c1-13(20)24-17-7-5-4-6-14(17)8-10-16(21)15-9-11-18(22-2)19(12-15)23-3/h4-12H,1-3H3/b10-8+. The van der Waals surface area contributed by atoms with Crippen LogP contribution in [0.25, 0.3) is 6.08 Å². The van der Waals surface area contributed by atoms with Gasteiger partial charge in [-0.2, -0.15) is 0 Å². The first kappa shape index (κ1) is 17.3. The highest BCUT2D eigenvalue weighted by Crippen LogP contribution is 2.28. The normalized spacial score (nSPS) is 10.5. The summed E-state index contributed by atoms with van der Waals surface area (Å²) in [7, 11) is 3.04. The van der Waals surface area contributed by atoms with Gasteiger partial charge in [0.2, 0.25) is 0 Å². The van der Waals surface area contributed by atoms with Crippen LogP contribution < -0.4 is 14.2 Å². The van der Waals surface area contributed by atoms with E-state index in [0.29, 0.717) is 28.4 Å². The Hall–Kier alpha value is -3.08. The molecular formula is C19H18O5. The maximum atomic E-state index is 12.3. The van der Waals surface area contributed by atoms with Gasteiger partial charge >= 0.3 is 5.97 Å². The lowest BCUT2D eigenvalue weighted by Crippen LogP contribution is -2.02. The Labute approximate surface area is 140 Å². The van der Waals surface area contributed by atoms with E-state index in [0.717, 1.165) is 0 Å². The summed E-state index contributed by atoms with van der Waals surface area (Å²) in [6.07, 6.45) is 3.03. The smallest absolute Gasteiger partial charge is 0.308 e. The molecule has 124 valence electrons.